The van der Waals surface area contributed by atoms with Crippen LogP contribution < -0.4 is 10.1 Å². The molecule has 1 atom stereocenters. The van der Waals surface area contributed by atoms with Gasteiger partial charge < -0.3 is 14.6 Å². The summed E-state index contributed by atoms with van der Waals surface area (Å²) in [6.45, 7) is 2.09. The van der Waals surface area contributed by atoms with Crippen molar-refractivity contribution in [2.75, 3.05) is 13.1 Å². The molecule has 0 radical (unpaired) electrons. The highest BCUT2D eigenvalue weighted by atomic mass is 16.5. The van der Waals surface area contributed by atoms with Crippen molar-refractivity contribution in [3.8, 4) is 5.75 Å². The molecule has 2 aliphatic heterocycles. The van der Waals surface area contributed by atoms with Gasteiger partial charge in [-0.15, -0.1) is 0 Å². The van der Waals surface area contributed by atoms with Gasteiger partial charge in [-0.3, -0.25) is 0 Å². The average Bonchev–Trinajstić information content (AvgIpc) is 3.00. The Kier molecular flexibility index (Phi) is 2.51. The first-order valence-corrected chi connectivity index (χ1v) is 6.66. The number of ether oxygens (including phenoxy) is 1. The zero-order valence-corrected chi connectivity index (χ0v) is 10.5. The maximum absolute atomic E-state index is 5.85. The molecule has 0 saturated carbocycles. The predicted molar refractivity (Wildman–Crippen MR) is 67.9 cm³/mol. The molecule has 1 saturated heterocycles. The summed E-state index contributed by atoms with van der Waals surface area (Å²) in [5.41, 5.74) is 1.21. The van der Waals surface area contributed by atoms with Gasteiger partial charge in [0.05, 0.1) is 0 Å². The summed E-state index contributed by atoms with van der Waals surface area (Å²) < 4.78 is 11.2. The number of fused-ring (bicyclic) bond motifs is 1. The van der Waals surface area contributed by atoms with Gasteiger partial charge in [0.25, 0.3) is 0 Å². The number of hydrogen-bond acceptors (Lipinski definition) is 5. The quantitative estimate of drug-likeness (QED) is 0.903. The molecule has 0 spiro atoms. The second-order valence-electron chi connectivity index (χ2n) is 5.19. The van der Waals surface area contributed by atoms with Gasteiger partial charge in [-0.2, -0.15) is 4.98 Å². The highest BCUT2D eigenvalue weighted by Crippen LogP contribution is 2.35. The molecule has 98 valence electrons. The first-order valence-electron chi connectivity index (χ1n) is 6.66. The lowest BCUT2D eigenvalue weighted by Gasteiger charge is -2.25. The monoisotopic (exact) mass is 257 g/mol. The number of benzene rings is 1. The van der Waals surface area contributed by atoms with Gasteiger partial charge in [0.15, 0.2) is 6.10 Å². The molecule has 0 amide bonds. The number of nitrogens with zero attached hydrogens (tertiary/aromatic N) is 2. The normalized spacial score (nSPS) is 21.8. The molecular weight excluding hydrogens is 242 g/mol. The van der Waals surface area contributed by atoms with Gasteiger partial charge in [0.2, 0.25) is 11.7 Å². The van der Waals surface area contributed by atoms with E-state index in [1.807, 2.05) is 18.2 Å². The number of rotatable bonds is 3. The first-order chi connectivity index (χ1) is 9.38. The molecule has 1 unspecified atom stereocenters. The van der Waals surface area contributed by atoms with Crippen molar-refractivity contribution in [2.45, 2.75) is 18.9 Å². The molecule has 19 heavy (non-hydrogen) atoms. The third kappa shape index (κ3) is 2.00. The Morgan fingerprint density at radius 2 is 2.16 bits per heavy atom. The van der Waals surface area contributed by atoms with E-state index in [0.717, 1.165) is 37.6 Å². The molecule has 1 N–H and O–H groups in total. The van der Waals surface area contributed by atoms with Crippen molar-refractivity contribution < 1.29 is 9.26 Å². The van der Waals surface area contributed by atoms with Crippen LogP contribution in [-0.4, -0.2) is 23.2 Å². The number of hydrogen-bond donors (Lipinski definition) is 1. The SMILES string of the molecule is c1ccc2c(c1)CC(c1noc(CC3CNC3)n1)O2. The highest BCUT2D eigenvalue weighted by Gasteiger charge is 2.29. The Balaban J connectivity index is 1.48. The summed E-state index contributed by atoms with van der Waals surface area (Å²) in [7, 11) is 0. The number of para-hydroxylation sites is 1. The molecule has 2 aromatic rings. The van der Waals surface area contributed by atoms with Crippen LogP contribution in [0.5, 0.6) is 5.75 Å². The Labute approximate surface area is 111 Å². The molecule has 1 aromatic carbocycles. The summed E-state index contributed by atoms with van der Waals surface area (Å²) in [5.74, 6) is 2.96. The fourth-order valence-electron chi connectivity index (χ4n) is 2.55. The predicted octanol–water partition coefficient (Wildman–Crippen LogP) is 1.51. The lowest BCUT2D eigenvalue weighted by atomic mass is 10.00. The second-order valence-corrected chi connectivity index (χ2v) is 5.19. The van der Waals surface area contributed by atoms with Crippen LogP contribution >= 0.6 is 0 Å². The van der Waals surface area contributed by atoms with E-state index in [4.69, 9.17) is 9.26 Å². The van der Waals surface area contributed by atoms with E-state index in [0.29, 0.717) is 11.7 Å². The molecule has 2 aliphatic rings. The maximum atomic E-state index is 5.85. The van der Waals surface area contributed by atoms with Crippen molar-refractivity contribution in [1.29, 1.82) is 0 Å². The molecule has 5 heteroatoms. The van der Waals surface area contributed by atoms with E-state index in [-0.39, 0.29) is 6.10 Å². The van der Waals surface area contributed by atoms with Gasteiger partial charge in [-0.1, -0.05) is 23.4 Å². The van der Waals surface area contributed by atoms with E-state index in [1.165, 1.54) is 5.56 Å². The van der Waals surface area contributed by atoms with E-state index in [2.05, 4.69) is 21.5 Å². The fourth-order valence-corrected chi connectivity index (χ4v) is 2.55. The number of nitrogens with one attached hydrogen (secondary N) is 1. The lowest BCUT2D eigenvalue weighted by molar-refractivity contribution is 0.220. The average molecular weight is 257 g/mol. The minimum atomic E-state index is -0.102. The molecule has 4 rings (SSSR count). The summed E-state index contributed by atoms with van der Waals surface area (Å²) in [6, 6.07) is 8.06. The van der Waals surface area contributed by atoms with Crippen LogP contribution in [0.15, 0.2) is 28.8 Å². The third-order valence-corrected chi connectivity index (χ3v) is 3.75. The largest absolute Gasteiger partial charge is 0.482 e. The zero-order valence-electron chi connectivity index (χ0n) is 10.5. The van der Waals surface area contributed by atoms with E-state index >= 15 is 0 Å². The standard InChI is InChI=1S/C14H15N3O2/c1-2-4-11-10(3-1)6-12(18-11)14-16-13(19-17-14)5-9-7-15-8-9/h1-4,9,12,15H,5-8H2. The molecule has 5 nitrogen and oxygen atoms in total. The summed E-state index contributed by atoms with van der Waals surface area (Å²) in [5, 5.41) is 7.30. The second kappa shape index (κ2) is 4.35. The highest BCUT2D eigenvalue weighted by molar-refractivity contribution is 5.37. The zero-order chi connectivity index (χ0) is 12.7. The van der Waals surface area contributed by atoms with Crippen LogP contribution in [0.3, 0.4) is 0 Å². The minimum Gasteiger partial charge on any atom is -0.482 e. The smallest absolute Gasteiger partial charge is 0.227 e. The molecule has 1 aromatic heterocycles. The Hall–Kier alpha value is -1.88. The van der Waals surface area contributed by atoms with E-state index < -0.39 is 0 Å². The summed E-state index contributed by atoms with van der Waals surface area (Å²) in [6.07, 6.45) is 1.58. The Morgan fingerprint density at radius 1 is 1.26 bits per heavy atom. The van der Waals surface area contributed by atoms with Gasteiger partial charge >= 0.3 is 0 Å². The van der Waals surface area contributed by atoms with Crippen LogP contribution in [0.1, 0.15) is 23.4 Å². The van der Waals surface area contributed by atoms with Gasteiger partial charge in [-0.25, -0.2) is 0 Å². The molecule has 3 heterocycles. The van der Waals surface area contributed by atoms with Crippen molar-refractivity contribution in [3.63, 3.8) is 0 Å². The van der Waals surface area contributed by atoms with Crippen LogP contribution in [0, 0.1) is 5.92 Å². The van der Waals surface area contributed by atoms with Crippen molar-refractivity contribution in [3.05, 3.63) is 41.5 Å². The van der Waals surface area contributed by atoms with Crippen LogP contribution in [0.25, 0.3) is 0 Å². The summed E-state index contributed by atoms with van der Waals surface area (Å²) in [4.78, 5) is 4.47. The van der Waals surface area contributed by atoms with Crippen molar-refractivity contribution in [1.82, 2.24) is 15.5 Å². The van der Waals surface area contributed by atoms with Crippen molar-refractivity contribution >= 4 is 0 Å². The van der Waals surface area contributed by atoms with E-state index in [9.17, 15) is 0 Å². The number of aromatic nitrogens is 2. The van der Waals surface area contributed by atoms with Crippen LogP contribution in [-0.2, 0) is 12.8 Å². The first kappa shape index (κ1) is 11.0. The Bertz CT molecular complexity index is 567. The van der Waals surface area contributed by atoms with Crippen LogP contribution in [0.2, 0.25) is 0 Å². The van der Waals surface area contributed by atoms with Gasteiger partial charge in [0, 0.05) is 12.8 Å². The fraction of sp³-hybridized carbons (Fsp3) is 0.429. The topological polar surface area (TPSA) is 60.2 Å². The third-order valence-electron chi connectivity index (χ3n) is 3.75. The molecule has 0 aliphatic carbocycles. The molecule has 0 bridgehead atoms. The van der Waals surface area contributed by atoms with Crippen LogP contribution in [0.4, 0.5) is 0 Å². The van der Waals surface area contributed by atoms with Gasteiger partial charge in [0.1, 0.15) is 5.75 Å². The molecular formula is C14H15N3O2. The summed E-state index contributed by atoms with van der Waals surface area (Å²) >= 11 is 0. The van der Waals surface area contributed by atoms with Gasteiger partial charge in [-0.05, 0) is 30.6 Å². The minimum absolute atomic E-state index is 0.102. The van der Waals surface area contributed by atoms with Crippen molar-refractivity contribution in [2.24, 2.45) is 5.92 Å². The van der Waals surface area contributed by atoms with E-state index in [1.54, 1.807) is 0 Å². The lowest BCUT2D eigenvalue weighted by Crippen LogP contribution is -2.43. The Morgan fingerprint density at radius 3 is 2.95 bits per heavy atom. The maximum Gasteiger partial charge on any atom is 0.227 e. The molecule has 1 fully saturated rings.